The first-order valence-corrected chi connectivity index (χ1v) is 7.95. The van der Waals surface area contributed by atoms with Crippen LogP contribution in [-0.2, 0) is 10.0 Å². The van der Waals surface area contributed by atoms with E-state index in [9.17, 15) is 18.0 Å². The van der Waals surface area contributed by atoms with E-state index in [-0.39, 0.29) is 22.5 Å². The molecule has 0 saturated heterocycles. The summed E-state index contributed by atoms with van der Waals surface area (Å²) in [6.45, 7) is 0. The van der Waals surface area contributed by atoms with Gasteiger partial charge in [-0.1, -0.05) is 0 Å². The van der Waals surface area contributed by atoms with E-state index in [0.29, 0.717) is 5.69 Å². The van der Waals surface area contributed by atoms with Crippen molar-refractivity contribution in [2.75, 3.05) is 16.4 Å². The van der Waals surface area contributed by atoms with Crippen molar-refractivity contribution >= 4 is 38.9 Å². The maximum absolute atomic E-state index is 12.5. The third kappa shape index (κ3) is 2.31. The molecule has 9 heteroatoms. The molecule has 6 N–H and O–H groups in total. The lowest BCUT2D eigenvalue weighted by Gasteiger charge is -2.17. The zero-order valence-electron chi connectivity index (χ0n) is 11.7. The van der Waals surface area contributed by atoms with Crippen molar-refractivity contribution in [2.24, 2.45) is 5.14 Å². The topological polar surface area (TPSA) is 150 Å². The second kappa shape index (κ2) is 4.80. The van der Waals surface area contributed by atoms with Gasteiger partial charge in [-0.2, -0.15) is 0 Å². The van der Waals surface area contributed by atoms with Gasteiger partial charge in [0.2, 0.25) is 10.0 Å². The molecule has 8 nitrogen and oxygen atoms in total. The van der Waals surface area contributed by atoms with Crippen LogP contribution >= 0.6 is 0 Å². The highest BCUT2D eigenvalue weighted by Crippen LogP contribution is 2.34. The molecule has 2 aromatic carbocycles. The summed E-state index contributed by atoms with van der Waals surface area (Å²) in [5, 5.41) is 5.16. The molecule has 23 heavy (non-hydrogen) atoms. The van der Waals surface area contributed by atoms with Gasteiger partial charge in [0.1, 0.15) is 4.90 Å². The van der Waals surface area contributed by atoms with Crippen molar-refractivity contribution in [1.29, 1.82) is 0 Å². The highest BCUT2D eigenvalue weighted by atomic mass is 32.2. The summed E-state index contributed by atoms with van der Waals surface area (Å²) in [7, 11) is -4.19. The number of nitrogens with zero attached hydrogens (tertiary/aromatic N) is 1. The third-order valence-electron chi connectivity index (χ3n) is 3.44. The molecule has 0 atom stereocenters. The summed E-state index contributed by atoms with van der Waals surface area (Å²) in [6.07, 6.45) is 0. The van der Waals surface area contributed by atoms with Gasteiger partial charge in [-0.3, -0.25) is 9.59 Å². The number of rotatable bonds is 2. The van der Waals surface area contributed by atoms with Crippen LogP contribution in [0.1, 0.15) is 20.7 Å². The average molecular weight is 332 g/mol. The van der Waals surface area contributed by atoms with Crippen LogP contribution in [0, 0.1) is 0 Å². The van der Waals surface area contributed by atoms with Crippen molar-refractivity contribution in [1.82, 2.24) is 0 Å². The van der Waals surface area contributed by atoms with Crippen LogP contribution in [0.25, 0.3) is 0 Å². The zero-order chi connectivity index (χ0) is 16.9. The van der Waals surface area contributed by atoms with E-state index >= 15 is 0 Å². The smallest absolute Gasteiger partial charge is 0.266 e. The Hall–Kier alpha value is -2.91. The molecule has 1 aliphatic heterocycles. The summed E-state index contributed by atoms with van der Waals surface area (Å²) in [6, 6.07) is 8.00. The highest BCUT2D eigenvalue weighted by molar-refractivity contribution is 7.89. The van der Waals surface area contributed by atoms with Crippen LogP contribution in [0.15, 0.2) is 41.3 Å². The lowest BCUT2D eigenvalue weighted by molar-refractivity contribution is 0.0925. The Morgan fingerprint density at radius 3 is 2.04 bits per heavy atom. The zero-order valence-corrected chi connectivity index (χ0v) is 12.5. The molecule has 1 heterocycles. The fourth-order valence-corrected chi connectivity index (χ4v) is 3.17. The van der Waals surface area contributed by atoms with Gasteiger partial charge in [0.25, 0.3) is 11.8 Å². The molecule has 3 rings (SSSR count). The molecule has 2 aromatic rings. The molecule has 118 valence electrons. The van der Waals surface area contributed by atoms with Gasteiger partial charge in [0.15, 0.2) is 0 Å². The number of benzene rings is 2. The van der Waals surface area contributed by atoms with Crippen molar-refractivity contribution < 1.29 is 18.0 Å². The molecule has 0 radical (unpaired) electrons. The predicted octanol–water partition coefficient (Wildman–Crippen LogP) is 0.299. The number of carbonyl (C=O) groups is 2. The van der Waals surface area contributed by atoms with Gasteiger partial charge in [-0.05, 0) is 36.4 Å². The molecule has 0 fully saturated rings. The van der Waals surface area contributed by atoms with Crippen molar-refractivity contribution in [3.05, 3.63) is 47.5 Å². The molecular formula is C14H12N4O4S. The fourth-order valence-electron chi connectivity index (χ4n) is 2.42. The van der Waals surface area contributed by atoms with Crippen LogP contribution in [0.4, 0.5) is 17.1 Å². The molecule has 0 aromatic heterocycles. The van der Waals surface area contributed by atoms with Crippen molar-refractivity contribution in [2.45, 2.75) is 4.90 Å². The monoisotopic (exact) mass is 332 g/mol. The molecular weight excluding hydrogens is 320 g/mol. The largest absolute Gasteiger partial charge is 0.399 e. The molecule has 0 unspecified atom stereocenters. The Bertz CT molecular complexity index is 969. The number of primary sulfonamides is 1. The Morgan fingerprint density at radius 2 is 1.39 bits per heavy atom. The standard InChI is InChI=1S/C14H12N4O4S/c15-7-1-3-9-10(5-7)14(20)18(13(9)19)11-4-2-8(16)6-12(11)23(17,21)22/h1-6H,15-16H2,(H2,17,21,22). The first-order chi connectivity index (χ1) is 10.7. The average Bonchev–Trinajstić information content (AvgIpc) is 2.70. The van der Waals surface area contributed by atoms with Gasteiger partial charge >= 0.3 is 0 Å². The number of nitrogen functional groups attached to an aromatic ring is 2. The summed E-state index contributed by atoms with van der Waals surface area (Å²) >= 11 is 0. The number of fused-ring (bicyclic) bond motifs is 1. The summed E-state index contributed by atoms with van der Waals surface area (Å²) in [5.41, 5.74) is 11.7. The van der Waals surface area contributed by atoms with Gasteiger partial charge in [-0.15, -0.1) is 0 Å². The van der Waals surface area contributed by atoms with E-state index in [1.807, 2.05) is 0 Å². The molecule has 0 spiro atoms. The van der Waals surface area contributed by atoms with Crippen molar-refractivity contribution in [3.63, 3.8) is 0 Å². The van der Waals surface area contributed by atoms with E-state index in [1.165, 1.54) is 30.3 Å². The number of hydrogen-bond acceptors (Lipinski definition) is 6. The first-order valence-electron chi connectivity index (χ1n) is 6.41. The Labute approximate surface area is 131 Å². The Morgan fingerprint density at radius 1 is 0.826 bits per heavy atom. The minimum absolute atomic E-state index is 0.104. The minimum atomic E-state index is -4.19. The maximum Gasteiger partial charge on any atom is 0.266 e. The quantitative estimate of drug-likeness (QED) is 0.531. The molecule has 0 saturated carbocycles. The second-order valence-electron chi connectivity index (χ2n) is 5.02. The van der Waals surface area contributed by atoms with Crippen molar-refractivity contribution in [3.8, 4) is 0 Å². The normalized spacial score (nSPS) is 14.2. The van der Waals surface area contributed by atoms with Crippen LogP contribution in [-0.4, -0.2) is 20.2 Å². The number of amides is 2. The number of hydrogen-bond donors (Lipinski definition) is 3. The van der Waals surface area contributed by atoms with Crippen LogP contribution in [0.3, 0.4) is 0 Å². The summed E-state index contributed by atoms with van der Waals surface area (Å²) < 4.78 is 23.5. The third-order valence-corrected chi connectivity index (χ3v) is 4.38. The van der Waals surface area contributed by atoms with Gasteiger partial charge in [0, 0.05) is 11.4 Å². The fraction of sp³-hybridized carbons (Fsp3) is 0. The van der Waals surface area contributed by atoms with Gasteiger partial charge in [0.05, 0.1) is 16.8 Å². The van der Waals surface area contributed by atoms with E-state index in [2.05, 4.69) is 0 Å². The van der Waals surface area contributed by atoms with Crippen LogP contribution in [0.2, 0.25) is 0 Å². The van der Waals surface area contributed by atoms with E-state index in [0.717, 1.165) is 11.0 Å². The Kier molecular flexibility index (Phi) is 3.13. The van der Waals surface area contributed by atoms with Crippen LogP contribution in [0.5, 0.6) is 0 Å². The number of imide groups is 1. The molecule has 0 aliphatic carbocycles. The predicted molar refractivity (Wildman–Crippen MR) is 84.2 cm³/mol. The Balaban J connectivity index is 2.23. The number of nitrogens with two attached hydrogens (primary N) is 3. The number of carbonyl (C=O) groups excluding carboxylic acids is 2. The summed E-state index contributed by atoms with van der Waals surface area (Å²) in [4.78, 5) is 25.3. The highest BCUT2D eigenvalue weighted by Gasteiger charge is 2.38. The SMILES string of the molecule is Nc1ccc2c(c1)C(=O)N(c1ccc(N)cc1S(N)(=O)=O)C2=O. The first kappa shape index (κ1) is 15.0. The van der Waals surface area contributed by atoms with E-state index < -0.39 is 26.7 Å². The second-order valence-corrected chi connectivity index (χ2v) is 6.55. The van der Waals surface area contributed by atoms with E-state index in [1.54, 1.807) is 0 Å². The van der Waals surface area contributed by atoms with E-state index in [4.69, 9.17) is 16.6 Å². The van der Waals surface area contributed by atoms with Crippen LogP contribution < -0.4 is 21.5 Å². The minimum Gasteiger partial charge on any atom is -0.399 e. The molecule has 2 amide bonds. The molecule has 0 bridgehead atoms. The maximum atomic E-state index is 12.5. The lowest BCUT2D eigenvalue weighted by atomic mass is 10.1. The lowest BCUT2D eigenvalue weighted by Crippen LogP contribution is -2.31. The summed E-state index contributed by atoms with van der Waals surface area (Å²) in [5.74, 6) is -1.33. The number of sulfonamides is 1. The van der Waals surface area contributed by atoms with Gasteiger partial charge < -0.3 is 11.5 Å². The van der Waals surface area contributed by atoms with Gasteiger partial charge in [-0.25, -0.2) is 18.5 Å². The molecule has 1 aliphatic rings. The number of anilines is 3.